The molecule has 2 aromatic rings. The van der Waals surface area contributed by atoms with Crippen molar-refractivity contribution in [2.45, 2.75) is 26.1 Å². The third-order valence-corrected chi connectivity index (χ3v) is 4.48. The molecule has 0 spiro atoms. The second kappa shape index (κ2) is 6.46. The van der Waals surface area contributed by atoms with Gasteiger partial charge in [-0.1, -0.05) is 23.2 Å². The van der Waals surface area contributed by atoms with Crippen LogP contribution in [-0.2, 0) is 0 Å². The highest BCUT2D eigenvalue weighted by molar-refractivity contribution is 6.33. The molecule has 1 unspecified atom stereocenters. The monoisotopic (exact) mass is 388 g/mol. The summed E-state index contributed by atoms with van der Waals surface area (Å²) in [6.45, 7) is 3.81. The van der Waals surface area contributed by atoms with Gasteiger partial charge in [-0.2, -0.15) is 13.2 Å². The van der Waals surface area contributed by atoms with Gasteiger partial charge in [-0.25, -0.2) is 0 Å². The molecular formula is C18H13Cl2F3O2. The topological polar surface area (TPSA) is 18.5 Å². The zero-order valence-electron chi connectivity index (χ0n) is 13.2. The quantitative estimate of drug-likeness (QED) is 0.566. The van der Waals surface area contributed by atoms with Crippen LogP contribution >= 0.6 is 23.2 Å². The van der Waals surface area contributed by atoms with Gasteiger partial charge in [-0.3, -0.25) is 0 Å². The highest BCUT2D eigenvalue weighted by Crippen LogP contribution is 2.44. The van der Waals surface area contributed by atoms with Gasteiger partial charge in [-0.15, -0.1) is 0 Å². The van der Waals surface area contributed by atoms with Crippen molar-refractivity contribution >= 4 is 29.3 Å². The Morgan fingerprint density at radius 1 is 1.04 bits per heavy atom. The second-order valence-electron chi connectivity index (χ2n) is 5.70. The van der Waals surface area contributed by atoms with E-state index in [1.165, 1.54) is 18.2 Å². The van der Waals surface area contributed by atoms with Crippen LogP contribution in [0.2, 0.25) is 10.0 Å². The number of hydrogen-bond acceptors (Lipinski definition) is 2. The minimum absolute atomic E-state index is 0.0455. The summed E-state index contributed by atoms with van der Waals surface area (Å²) in [7, 11) is 0. The Morgan fingerprint density at radius 2 is 1.72 bits per heavy atom. The predicted molar refractivity (Wildman–Crippen MR) is 92.0 cm³/mol. The molecule has 0 radical (unpaired) electrons. The van der Waals surface area contributed by atoms with E-state index in [0.29, 0.717) is 16.3 Å². The van der Waals surface area contributed by atoms with Gasteiger partial charge in [0.05, 0.1) is 15.6 Å². The van der Waals surface area contributed by atoms with Crippen molar-refractivity contribution in [2.24, 2.45) is 0 Å². The Labute approximate surface area is 152 Å². The lowest BCUT2D eigenvalue weighted by Crippen LogP contribution is -2.33. The van der Waals surface area contributed by atoms with E-state index in [1.54, 1.807) is 12.1 Å². The maximum atomic E-state index is 12.8. The summed E-state index contributed by atoms with van der Waals surface area (Å²) in [6.07, 6.45) is -4.27. The van der Waals surface area contributed by atoms with Gasteiger partial charge in [0.15, 0.2) is 5.75 Å². The Hall–Kier alpha value is -1.85. The Morgan fingerprint density at radius 3 is 2.40 bits per heavy atom. The molecule has 0 aromatic heterocycles. The van der Waals surface area contributed by atoms with Crippen molar-refractivity contribution in [3.8, 4) is 17.2 Å². The summed E-state index contributed by atoms with van der Waals surface area (Å²) in [6, 6.07) is 6.31. The standard InChI is InChI=1S/C18H13Cl2F3O2/c1-9-7-13(20)15(8-10(9)2)25-17-11-3-6-16(18(21,22)23)24-14(11)5-4-12(17)19/h3-8,16H,1-2H3. The smallest absolute Gasteiger partial charge is 0.429 e. The van der Waals surface area contributed by atoms with E-state index < -0.39 is 12.3 Å². The molecule has 0 amide bonds. The van der Waals surface area contributed by atoms with Crippen LogP contribution in [-0.4, -0.2) is 12.3 Å². The number of halogens is 5. The summed E-state index contributed by atoms with van der Waals surface area (Å²) in [5, 5.41) is 0.623. The second-order valence-corrected chi connectivity index (χ2v) is 6.51. The van der Waals surface area contributed by atoms with Crippen LogP contribution < -0.4 is 9.47 Å². The molecule has 0 aliphatic carbocycles. The number of rotatable bonds is 2. The van der Waals surface area contributed by atoms with Gasteiger partial charge < -0.3 is 9.47 Å². The first-order valence-electron chi connectivity index (χ1n) is 7.35. The Bertz CT molecular complexity index is 860. The molecule has 1 atom stereocenters. The van der Waals surface area contributed by atoms with Crippen molar-refractivity contribution in [1.82, 2.24) is 0 Å². The Balaban J connectivity index is 2.01. The molecule has 7 heteroatoms. The number of ether oxygens (including phenoxy) is 2. The molecule has 1 aliphatic heterocycles. The van der Waals surface area contributed by atoms with Gasteiger partial charge in [0, 0.05) is 0 Å². The molecule has 132 valence electrons. The maximum absolute atomic E-state index is 12.8. The van der Waals surface area contributed by atoms with Gasteiger partial charge in [0.1, 0.15) is 11.5 Å². The van der Waals surface area contributed by atoms with E-state index in [9.17, 15) is 13.2 Å². The third-order valence-electron chi connectivity index (χ3n) is 3.88. The summed E-state index contributed by atoms with van der Waals surface area (Å²) < 4.78 is 49.4. The SMILES string of the molecule is Cc1cc(Cl)c(Oc2c(Cl)ccc3c2C=CC(C(F)(F)F)O3)cc1C. The molecule has 1 heterocycles. The molecule has 0 saturated carbocycles. The van der Waals surface area contributed by atoms with Gasteiger partial charge in [0.2, 0.25) is 6.10 Å². The van der Waals surface area contributed by atoms with Crippen LogP contribution in [0.3, 0.4) is 0 Å². The molecule has 0 fully saturated rings. The molecule has 0 N–H and O–H groups in total. The summed E-state index contributed by atoms with van der Waals surface area (Å²) in [4.78, 5) is 0. The minimum Gasteiger partial charge on any atom is -0.476 e. The lowest BCUT2D eigenvalue weighted by atomic mass is 10.1. The Kier molecular flexibility index (Phi) is 4.64. The molecule has 1 aliphatic rings. The van der Waals surface area contributed by atoms with Crippen LogP contribution in [0.5, 0.6) is 17.2 Å². The number of hydrogen-bond donors (Lipinski definition) is 0. The van der Waals surface area contributed by atoms with Crippen molar-refractivity contribution in [1.29, 1.82) is 0 Å². The maximum Gasteiger partial charge on any atom is 0.429 e. The van der Waals surface area contributed by atoms with Crippen LogP contribution in [0.25, 0.3) is 6.08 Å². The first-order chi connectivity index (χ1) is 11.7. The summed E-state index contributed by atoms with van der Waals surface area (Å²) >= 11 is 12.4. The summed E-state index contributed by atoms with van der Waals surface area (Å²) in [5.74, 6) is 0.608. The lowest BCUT2D eigenvalue weighted by Gasteiger charge is -2.25. The average molecular weight is 389 g/mol. The fourth-order valence-corrected chi connectivity index (χ4v) is 2.86. The molecule has 0 bridgehead atoms. The number of aryl methyl sites for hydroxylation is 2. The highest BCUT2D eigenvalue weighted by atomic mass is 35.5. The first-order valence-corrected chi connectivity index (χ1v) is 8.11. The van der Waals surface area contributed by atoms with Crippen molar-refractivity contribution in [3.05, 3.63) is 57.1 Å². The van der Waals surface area contributed by atoms with E-state index in [-0.39, 0.29) is 16.5 Å². The zero-order chi connectivity index (χ0) is 18.4. The average Bonchev–Trinajstić information content (AvgIpc) is 2.53. The first kappa shape index (κ1) is 18.0. The largest absolute Gasteiger partial charge is 0.476 e. The van der Waals surface area contributed by atoms with E-state index in [0.717, 1.165) is 17.2 Å². The predicted octanol–water partition coefficient (Wildman–Crippen LogP) is 6.74. The van der Waals surface area contributed by atoms with Gasteiger partial charge in [-0.05, 0) is 61.4 Å². The van der Waals surface area contributed by atoms with E-state index in [4.69, 9.17) is 32.7 Å². The molecule has 25 heavy (non-hydrogen) atoms. The van der Waals surface area contributed by atoms with Gasteiger partial charge >= 0.3 is 6.18 Å². The highest BCUT2D eigenvalue weighted by Gasteiger charge is 2.42. The van der Waals surface area contributed by atoms with E-state index in [2.05, 4.69) is 0 Å². The van der Waals surface area contributed by atoms with Crippen LogP contribution in [0.4, 0.5) is 13.2 Å². The molecule has 2 aromatic carbocycles. The van der Waals surface area contributed by atoms with Crippen molar-refractivity contribution in [3.63, 3.8) is 0 Å². The molecule has 2 nitrogen and oxygen atoms in total. The van der Waals surface area contributed by atoms with Crippen LogP contribution in [0, 0.1) is 13.8 Å². The van der Waals surface area contributed by atoms with Gasteiger partial charge in [0.25, 0.3) is 0 Å². The van der Waals surface area contributed by atoms with Crippen LogP contribution in [0.1, 0.15) is 16.7 Å². The molecular weight excluding hydrogens is 376 g/mol. The normalized spacial score (nSPS) is 16.4. The van der Waals surface area contributed by atoms with Crippen molar-refractivity contribution < 1.29 is 22.6 Å². The molecule has 3 rings (SSSR count). The fraction of sp³-hybridized carbons (Fsp3) is 0.222. The molecule has 0 saturated heterocycles. The number of fused-ring (bicyclic) bond motifs is 1. The number of alkyl halides is 3. The van der Waals surface area contributed by atoms with Crippen LogP contribution in [0.15, 0.2) is 30.3 Å². The zero-order valence-corrected chi connectivity index (χ0v) is 14.8. The minimum atomic E-state index is -4.49. The fourth-order valence-electron chi connectivity index (χ4n) is 2.40. The lowest BCUT2D eigenvalue weighted by molar-refractivity contribution is -0.180. The summed E-state index contributed by atoms with van der Waals surface area (Å²) in [5.41, 5.74) is 2.29. The van der Waals surface area contributed by atoms with Crippen molar-refractivity contribution in [2.75, 3.05) is 0 Å². The third kappa shape index (κ3) is 3.58. The van der Waals surface area contributed by atoms with E-state index >= 15 is 0 Å². The number of benzene rings is 2. The van der Waals surface area contributed by atoms with E-state index in [1.807, 2.05) is 13.8 Å².